The highest BCUT2D eigenvalue weighted by Crippen LogP contribution is 2.41. The zero-order chi connectivity index (χ0) is 15.6. The largest absolute Gasteiger partial charge is 0.493 e. The molecule has 112 valence electrons. The van der Waals surface area contributed by atoms with Crippen LogP contribution in [0.3, 0.4) is 0 Å². The molecule has 0 saturated carbocycles. The fourth-order valence-corrected chi connectivity index (χ4v) is 2.79. The molecule has 1 unspecified atom stereocenters. The van der Waals surface area contributed by atoms with Crippen molar-refractivity contribution in [1.29, 1.82) is 0 Å². The van der Waals surface area contributed by atoms with Gasteiger partial charge >= 0.3 is 0 Å². The molecule has 0 aliphatic heterocycles. The molecule has 0 aliphatic carbocycles. The zero-order valence-corrected chi connectivity index (χ0v) is 13.6. The highest BCUT2D eigenvalue weighted by Gasteiger charge is 2.21. The third-order valence-corrected chi connectivity index (χ3v) is 4.04. The zero-order valence-electron chi connectivity index (χ0n) is 11.3. The quantitative estimate of drug-likeness (QED) is 0.681. The number of halogens is 4. The summed E-state index contributed by atoms with van der Waals surface area (Å²) in [7, 11) is 3.00. The van der Waals surface area contributed by atoms with Gasteiger partial charge in [-0.15, -0.1) is 11.6 Å². The van der Waals surface area contributed by atoms with Crippen LogP contribution in [0.1, 0.15) is 16.5 Å². The lowest BCUT2D eigenvalue weighted by Gasteiger charge is -2.16. The monoisotopic (exact) mass is 348 g/mol. The van der Waals surface area contributed by atoms with Gasteiger partial charge in [0.2, 0.25) is 0 Å². The minimum absolute atomic E-state index is 0.248. The van der Waals surface area contributed by atoms with Crippen molar-refractivity contribution in [2.45, 2.75) is 5.38 Å². The Bertz CT molecular complexity index is 662. The van der Waals surface area contributed by atoms with Gasteiger partial charge in [-0.1, -0.05) is 23.2 Å². The van der Waals surface area contributed by atoms with Crippen LogP contribution < -0.4 is 9.47 Å². The Morgan fingerprint density at radius 3 is 2.19 bits per heavy atom. The first-order valence-electron chi connectivity index (χ1n) is 5.98. The molecule has 0 aromatic heterocycles. The number of methoxy groups -OCH3 is 2. The van der Waals surface area contributed by atoms with Crippen molar-refractivity contribution in [1.82, 2.24) is 0 Å². The average Bonchev–Trinajstić information content (AvgIpc) is 2.48. The lowest BCUT2D eigenvalue weighted by molar-refractivity contribution is 0.354. The van der Waals surface area contributed by atoms with Crippen LogP contribution in [0.2, 0.25) is 10.0 Å². The summed E-state index contributed by atoms with van der Waals surface area (Å²) < 4.78 is 24.3. The Hall–Kier alpha value is -1.16. The molecule has 0 fully saturated rings. The highest BCUT2D eigenvalue weighted by atomic mass is 35.5. The number of ether oxygens (including phenoxy) is 2. The number of hydrogen-bond donors (Lipinski definition) is 0. The molecular formula is C15H12Cl3FO2. The third kappa shape index (κ3) is 3.37. The van der Waals surface area contributed by atoms with Gasteiger partial charge in [0.05, 0.1) is 19.6 Å². The molecular weight excluding hydrogens is 338 g/mol. The molecule has 0 aliphatic rings. The van der Waals surface area contributed by atoms with E-state index in [1.807, 2.05) is 0 Å². The number of rotatable bonds is 4. The van der Waals surface area contributed by atoms with Gasteiger partial charge in [-0.05, 0) is 29.8 Å². The van der Waals surface area contributed by atoms with E-state index in [-0.39, 0.29) is 5.56 Å². The molecule has 6 heteroatoms. The van der Waals surface area contributed by atoms with E-state index in [0.29, 0.717) is 27.1 Å². The minimum Gasteiger partial charge on any atom is -0.493 e. The fraction of sp³-hybridized carbons (Fsp3) is 0.200. The standard InChI is InChI=1S/C15H12Cl3FO2/c1-20-13-6-9(11(17)7-14(13)21-2)15(18)10-5-8(16)3-4-12(10)19/h3-7,15H,1-2H3. The Kier molecular flexibility index (Phi) is 5.20. The summed E-state index contributed by atoms with van der Waals surface area (Å²) in [5.74, 6) is 0.483. The molecule has 21 heavy (non-hydrogen) atoms. The Balaban J connectivity index is 2.52. The summed E-state index contributed by atoms with van der Waals surface area (Å²) in [5.41, 5.74) is 0.760. The van der Waals surface area contributed by atoms with Gasteiger partial charge < -0.3 is 9.47 Å². The summed E-state index contributed by atoms with van der Waals surface area (Å²) in [4.78, 5) is 0. The molecule has 0 bridgehead atoms. The van der Waals surface area contributed by atoms with Crippen molar-refractivity contribution < 1.29 is 13.9 Å². The van der Waals surface area contributed by atoms with Gasteiger partial charge in [0.1, 0.15) is 5.82 Å². The lowest BCUT2D eigenvalue weighted by atomic mass is 10.0. The highest BCUT2D eigenvalue weighted by molar-refractivity contribution is 6.33. The molecule has 0 radical (unpaired) electrons. The predicted molar refractivity (Wildman–Crippen MR) is 83.7 cm³/mol. The summed E-state index contributed by atoms with van der Waals surface area (Å²) >= 11 is 18.4. The van der Waals surface area contributed by atoms with Crippen LogP contribution in [0.15, 0.2) is 30.3 Å². The topological polar surface area (TPSA) is 18.5 Å². The van der Waals surface area contributed by atoms with Gasteiger partial charge in [0, 0.05) is 21.7 Å². The molecule has 0 N–H and O–H groups in total. The van der Waals surface area contributed by atoms with E-state index in [4.69, 9.17) is 44.3 Å². The van der Waals surface area contributed by atoms with E-state index < -0.39 is 11.2 Å². The second-order valence-electron chi connectivity index (χ2n) is 4.26. The Morgan fingerprint density at radius 2 is 1.57 bits per heavy atom. The van der Waals surface area contributed by atoms with Gasteiger partial charge in [-0.2, -0.15) is 0 Å². The first-order valence-corrected chi connectivity index (χ1v) is 7.17. The van der Waals surface area contributed by atoms with Crippen LogP contribution in [-0.4, -0.2) is 14.2 Å². The molecule has 0 spiro atoms. The first kappa shape index (κ1) is 16.2. The van der Waals surface area contributed by atoms with Crippen LogP contribution in [-0.2, 0) is 0 Å². The van der Waals surface area contributed by atoms with Crippen molar-refractivity contribution in [3.8, 4) is 11.5 Å². The summed E-state index contributed by atoms with van der Waals surface area (Å²) in [6.45, 7) is 0. The molecule has 2 nitrogen and oxygen atoms in total. The number of hydrogen-bond acceptors (Lipinski definition) is 2. The van der Waals surface area contributed by atoms with Crippen LogP contribution in [0.25, 0.3) is 0 Å². The Morgan fingerprint density at radius 1 is 0.952 bits per heavy atom. The van der Waals surface area contributed by atoms with Crippen LogP contribution in [0.5, 0.6) is 11.5 Å². The minimum atomic E-state index is -0.795. The molecule has 1 atom stereocenters. The van der Waals surface area contributed by atoms with Crippen LogP contribution in [0, 0.1) is 5.82 Å². The van der Waals surface area contributed by atoms with Crippen LogP contribution in [0.4, 0.5) is 4.39 Å². The average molecular weight is 350 g/mol. The molecule has 2 rings (SSSR count). The maximum atomic E-state index is 13.9. The van der Waals surface area contributed by atoms with Gasteiger partial charge in [0.25, 0.3) is 0 Å². The van der Waals surface area contributed by atoms with E-state index in [0.717, 1.165) is 0 Å². The summed E-state index contributed by atoms with van der Waals surface area (Å²) in [6, 6.07) is 7.40. The van der Waals surface area contributed by atoms with Crippen molar-refractivity contribution >= 4 is 34.8 Å². The molecule has 2 aromatic carbocycles. The molecule has 0 saturated heterocycles. The van der Waals surface area contributed by atoms with Gasteiger partial charge in [0.15, 0.2) is 11.5 Å². The number of alkyl halides is 1. The van der Waals surface area contributed by atoms with E-state index in [9.17, 15) is 4.39 Å². The maximum Gasteiger partial charge on any atom is 0.162 e. The van der Waals surface area contributed by atoms with E-state index in [1.54, 1.807) is 12.1 Å². The maximum absolute atomic E-state index is 13.9. The normalized spacial score (nSPS) is 12.1. The van der Waals surface area contributed by atoms with Crippen molar-refractivity contribution in [3.63, 3.8) is 0 Å². The predicted octanol–water partition coefficient (Wildman–Crippen LogP) is 5.48. The second-order valence-corrected chi connectivity index (χ2v) is 5.54. The van der Waals surface area contributed by atoms with Gasteiger partial charge in [-0.25, -0.2) is 4.39 Å². The van der Waals surface area contributed by atoms with Crippen LogP contribution >= 0.6 is 34.8 Å². The van der Waals surface area contributed by atoms with Crippen molar-refractivity contribution in [2.24, 2.45) is 0 Å². The van der Waals surface area contributed by atoms with Gasteiger partial charge in [-0.3, -0.25) is 0 Å². The summed E-state index contributed by atoms with van der Waals surface area (Å²) in [6.07, 6.45) is 0. The van der Waals surface area contributed by atoms with E-state index in [1.165, 1.54) is 32.4 Å². The molecule has 2 aromatic rings. The smallest absolute Gasteiger partial charge is 0.162 e. The summed E-state index contributed by atoms with van der Waals surface area (Å²) in [5, 5.41) is -0.0447. The van der Waals surface area contributed by atoms with E-state index in [2.05, 4.69) is 0 Å². The first-order chi connectivity index (χ1) is 9.97. The number of benzene rings is 2. The van der Waals surface area contributed by atoms with E-state index >= 15 is 0 Å². The fourth-order valence-electron chi connectivity index (χ4n) is 1.94. The molecule has 0 amide bonds. The van der Waals surface area contributed by atoms with Crippen molar-refractivity contribution in [2.75, 3.05) is 14.2 Å². The van der Waals surface area contributed by atoms with Crippen molar-refractivity contribution in [3.05, 3.63) is 57.3 Å². The SMILES string of the molecule is COc1cc(Cl)c(C(Cl)c2cc(Cl)ccc2F)cc1OC. The Labute approximate surface area is 137 Å². The second kappa shape index (κ2) is 6.73. The molecule has 0 heterocycles. The lowest BCUT2D eigenvalue weighted by Crippen LogP contribution is -2.00. The third-order valence-electron chi connectivity index (χ3n) is 3.01.